The maximum Gasteiger partial charge on any atom is 0 e. The summed E-state index contributed by atoms with van der Waals surface area (Å²) in [5.74, 6) is 2.01. The van der Waals surface area contributed by atoms with Crippen LogP contribution in [0.3, 0.4) is 0 Å². The van der Waals surface area contributed by atoms with Gasteiger partial charge in [0.15, 0.2) is 0 Å². The first-order valence-electron chi connectivity index (χ1n) is 3.80. The van der Waals surface area contributed by atoms with E-state index in [1.807, 2.05) is 0 Å². The molecule has 1 fully saturated rings. The molecule has 0 heterocycles. The van der Waals surface area contributed by atoms with Crippen LogP contribution < -0.4 is 0 Å². The maximum absolute atomic E-state index is 2.34. The molecule has 1 radical (unpaired) electrons. The van der Waals surface area contributed by atoms with Crippen LogP contribution in [0.2, 0.25) is 0 Å². The van der Waals surface area contributed by atoms with Gasteiger partial charge in [-0.1, -0.05) is 39.5 Å². The van der Waals surface area contributed by atoms with Gasteiger partial charge in [0.2, 0.25) is 0 Å². The zero-order chi connectivity index (χ0) is 5.98. The summed E-state index contributed by atoms with van der Waals surface area (Å²) < 4.78 is 0. The first-order chi connectivity index (χ1) is 3.80. The van der Waals surface area contributed by atoms with E-state index < -0.39 is 0 Å². The third-order valence-electron chi connectivity index (χ3n) is 2.34. The monoisotopic (exact) mass is 135 g/mol. The molecule has 9 heavy (non-hydrogen) atoms. The van der Waals surface area contributed by atoms with E-state index in [9.17, 15) is 0 Å². The van der Waals surface area contributed by atoms with Crippen LogP contribution in [0, 0.1) is 11.8 Å². The van der Waals surface area contributed by atoms with Crippen molar-refractivity contribution in [3.8, 4) is 0 Å². The Balaban J connectivity index is 0.000000640. The number of rotatable bonds is 1. The van der Waals surface area contributed by atoms with Crippen LogP contribution in [0.1, 0.15) is 39.5 Å². The molecule has 0 saturated heterocycles. The average molecular weight is 135 g/mol. The van der Waals surface area contributed by atoms with Crippen LogP contribution in [-0.2, 0) is 0 Å². The maximum atomic E-state index is 2.34. The van der Waals surface area contributed by atoms with Crippen molar-refractivity contribution in [2.24, 2.45) is 11.8 Å². The van der Waals surface area contributed by atoms with Crippen LogP contribution in [-0.4, -0.2) is 29.6 Å². The van der Waals surface area contributed by atoms with Crippen molar-refractivity contribution in [1.82, 2.24) is 0 Å². The molecule has 0 aromatic carbocycles. The van der Waals surface area contributed by atoms with Gasteiger partial charge in [-0.15, -0.1) is 0 Å². The Morgan fingerprint density at radius 3 is 1.78 bits per heavy atom. The molecule has 1 aliphatic carbocycles. The normalized spacial score (nSPS) is 20.3. The molecule has 0 amide bonds. The Morgan fingerprint density at radius 1 is 1.11 bits per heavy atom. The number of hydrogen-bond acceptors (Lipinski definition) is 0. The van der Waals surface area contributed by atoms with E-state index in [0.29, 0.717) is 0 Å². The third kappa shape index (κ3) is 3.06. The van der Waals surface area contributed by atoms with Crippen LogP contribution in [0.4, 0.5) is 0 Å². The van der Waals surface area contributed by atoms with Crippen LogP contribution in [0.15, 0.2) is 0 Å². The molecule has 0 N–H and O–H groups in total. The second-order valence-corrected chi connectivity index (χ2v) is 3.29. The minimum absolute atomic E-state index is 0. The van der Waals surface area contributed by atoms with Gasteiger partial charge in [0.05, 0.1) is 0 Å². The fourth-order valence-corrected chi connectivity index (χ4v) is 1.62. The zero-order valence-electron chi connectivity index (χ0n) is 6.98. The van der Waals surface area contributed by atoms with Gasteiger partial charge in [-0.3, -0.25) is 0 Å². The average Bonchev–Trinajstić information content (AvgIpc) is 2.12. The Bertz CT molecular complexity index is 63.0. The van der Waals surface area contributed by atoms with Gasteiger partial charge in [-0.2, -0.15) is 0 Å². The minimum atomic E-state index is 0. The van der Waals surface area contributed by atoms with Gasteiger partial charge in [0.1, 0.15) is 0 Å². The standard InChI is InChI=1S/C8H16.Na/c1-7(2)8-5-3-4-6-8;/h7-8H,3-6H2,1-2H3;. The molecule has 1 heteroatoms. The van der Waals surface area contributed by atoms with E-state index in [-0.39, 0.29) is 29.6 Å². The molecule has 49 valence electrons. The Kier molecular flexibility index (Phi) is 5.29. The summed E-state index contributed by atoms with van der Waals surface area (Å²) >= 11 is 0. The molecule has 0 bridgehead atoms. The smallest absolute Gasteiger partial charge is 0 e. The fourth-order valence-electron chi connectivity index (χ4n) is 1.62. The van der Waals surface area contributed by atoms with E-state index in [1.165, 1.54) is 25.7 Å². The first kappa shape index (κ1) is 10.0. The van der Waals surface area contributed by atoms with Crippen molar-refractivity contribution in [3.63, 3.8) is 0 Å². The number of hydrogen-bond donors (Lipinski definition) is 0. The topological polar surface area (TPSA) is 0 Å². The van der Waals surface area contributed by atoms with E-state index in [2.05, 4.69) is 13.8 Å². The van der Waals surface area contributed by atoms with Gasteiger partial charge < -0.3 is 0 Å². The molecular weight excluding hydrogens is 119 g/mol. The van der Waals surface area contributed by atoms with Crippen molar-refractivity contribution in [1.29, 1.82) is 0 Å². The SMILES string of the molecule is CC(C)C1CCCC1.[Na]. The molecule has 1 aliphatic rings. The predicted molar refractivity (Wildman–Crippen MR) is 42.6 cm³/mol. The van der Waals surface area contributed by atoms with Crippen molar-refractivity contribution in [2.45, 2.75) is 39.5 Å². The minimum Gasteiger partial charge on any atom is -0.0625 e. The van der Waals surface area contributed by atoms with E-state index >= 15 is 0 Å². The summed E-state index contributed by atoms with van der Waals surface area (Å²) in [5, 5.41) is 0. The third-order valence-corrected chi connectivity index (χ3v) is 2.34. The second kappa shape index (κ2) is 4.76. The van der Waals surface area contributed by atoms with Gasteiger partial charge in [0.25, 0.3) is 0 Å². The quantitative estimate of drug-likeness (QED) is 0.484. The molecule has 0 unspecified atom stereocenters. The first-order valence-corrected chi connectivity index (χ1v) is 3.80. The van der Waals surface area contributed by atoms with E-state index in [1.54, 1.807) is 0 Å². The summed E-state index contributed by atoms with van der Waals surface area (Å²) in [4.78, 5) is 0. The van der Waals surface area contributed by atoms with Crippen molar-refractivity contribution < 1.29 is 0 Å². The summed E-state index contributed by atoms with van der Waals surface area (Å²) in [6.07, 6.45) is 5.97. The molecule has 1 rings (SSSR count). The fraction of sp³-hybridized carbons (Fsp3) is 1.00. The molecule has 1 saturated carbocycles. The van der Waals surface area contributed by atoms with Gasteiger partial charge in [0, 0.05) is 29.6 Å². The molecule has 0 aromatic rings. The molecule has 0 spiro atoms. The molecule has 0 atom stereocenters. The van der Waals surface area contributed by atoms with Crippen LogP contribution >= 0.6 is 0 Å². The van der Waals surface area contributed by atoms with Gasteiger partial charge in [-0.25, -0.2) is 0 Å². The van der Waals surface area contributed by atoms with Gasteiger partial charge >= 0.3 is 0 Å². The Labute approximate surface area is 80.7 Å². The summed E-state index contributed by atoms with van der Waals surface area (Å²) in [5.41, 5.74) is 0. The Morgan fingerprint density at radius 2 is 1.56 bits per heavy atom. The molecule has 0 nitrogen and oxygen atoms in total. The van der Waals surface area contributed by atoms with E-state index in [4.69, 9.17) is 0 Å². The molecule has 0 aliphatic heterocycles. The Hall–Kier alpha value is 1.00. The molecule has 0 aromatic heterocycles. The molecular formula is C8H16Na. The van der Waals surface area contributed by atoms with Crippen molar-refractivity contribution in [3.05, 3.63) is 0 Å². The van der Waals surface area contributed by atoms with Crippen molar-refractivity contribution >= 4 is 29.6 Å². The predicted octanol–water partition coefficient (Wildman–Crippen LogP) is 2.45. The van der Waals surface area contributed by atoms with E-state index in [0.717, 1.165) is 11.8 Å². The van der Waals surface area contributed by atoms with Crippen LogP contribution in [0.5, 0.6) is 0 Å². The van der Waals surface area contributed by atoms with Crippen LogP contribution in [0.25, 0.3) is 0 Å². The second-order valence-electron chi connectivity index (χ2n) is 3.29. The summed E-state index contributed by atoms with van der Waals surface area (Å²) in [6.45, 7) is 4.69. The summed E-state index contributed by atoms with van der Waals surface area (Å²) in [6, 6.07) is 0. The largest absolute Gasteiger partial charge is 0.0625 e. The summed E-state index contributed by atoms with van der Waals surface area (Å²) in [7, 11) is 0. The zero-order valence-corrected chi connectivity index (χ0v) is 8.98. The van der Waals surface area contributed by atoms with Crippen molar-refractivity contribution in [2.75, 3.05) is 0 Å². The van der Waals surface area contributed by atoms with Gasteiger partial charge in [-0.05, 0) is 11.8 Å².